The lowest BCUT2D eigenvalue weighted by atomic mass is 10.3. The Morgan fingerprint density at radius 3 is 2.57 bits per heavy atom. The van der Waals surface area contributed by atoms with Crippen LogP contribution in [0.5, 0.6) is 0 Å². The van der Waals surface area contributed by atoms with Gasteiger partial charge >= 0.3 is 0 Å². The Bertz CT molecular complexity index is 737. The molecule has 1 aliphatic heterocycles. The molecule has 0 radical (unpaired) electrons. The Balaban J connectivity index is 2.34. The standard InChI is InChI=1S/C11H11ClFN3O4S/c1-16-10(17)4-8(11(16)18)15-21(19,20)9-3-7(14)6(13)2-5(9)12/h2-3,8,15H,4,14H2,1H3. The van der Waals surface area contributed by atoms with E-state index in [1.54, 1.807) is 0 Å². The molecule has 0 bridgehead atoms. The Morgan fingerprint density at radius 2 is 2.05 bits per heavy atom. The minimum Gasteiger partial charge on any atom is -0.396 e. The molecule has 1 heterocycles. The van der Waals surface area contributed by atoms with Crippen LogP contribution in [0.3, 0.4) is 0 Å². The number of carbonyl (C=O) groups is 2. The summed E-state index contributed by atoms with van der Waals surface area (Å²) >= 11 is 5.69. The maximum atomic E-state index is 13.2. The lowest BCUT2D eigenvalue weighted by molar-refractivity contribution is -0.137. The summed E-state index contributed by atoms with van der Waals surface area (Å²) in [5, 5.41) is -0.376. The van der Waals surface area contributed by atoms with Crippen LogP contribution in [-0.4, -0.2) is 38.2 Å². The highest BCUT2D eigenvalue weighted by molar-refractivity contribution is 7.89. The molecule has 2 rings (SSSR count). The molecule has 10 heteroatoms. The van der Waals surface area contributed by atoms with Crippen molar-refractivity contribution in [1.29, 1.82) is 0 Å². The molecule has 114 valence electrons. The Hall–Kier alpha value is -1.71. The lowest BCUT2D eigenvalue weighted by Crippen LogP contribution is -2.40. The maximum absolute atomic E-state index is 13.2. The number of nitrogens with one attached hydrogen (secondary N) is 1. The number of nitrogens with two attached hydrogens (primary N) is 1. The van der Waals surface area contributed by atoms with E-state index in [1.165, 1.54) is 7.05 Å². The van der Waals surface area contributed by atoms with Crippen LogP contribution in [-0.2, 0) is 19.6 Å². The third-order valence-corrected chi connectivity index (χ3v) is 4.96. The van der Waals surface area contributed by atoms with E-state index < -0.39 is 44.3 Å². The number of rotatable bonds is 3. The molecule has 2 amide bonds. The van der Waals surface area contributed by atoms with Crippen LogP contribution in [0.2, 0.25) is 5.02 Å². The van der Waals surface area contributed by atoms with Gasteiger partial charge in [0.2, 0.25) is 21.8 Å². The number of nitrogen functional groups attached to an aromatic ring is 1. The Labute approximate surface area is 124 Å². The minimum atomic E-state index is -4.22. The summed E-state index contributed by atoms with van der Waals surface area (Å²) in [6.07, 6.45) is -0.289. The molecule has 1 aromatic carbocycles. The first-order valence-corrected chi connectivity index (χ1v) is 7.57. The Morgan fingerprint density at radius 1 is 1.43 bits per heavy atom. The summed E-state index contributed by atoms with van der Waals surface area (Å²) in [6.45, 7) is 0. The zero-order valence-electron chi connectivity index (χ0n) is 10.8. The van der Waals surface area contributed by atoms with E-state index in [2.05, 4.69) is 4.72 Å². The van der Waals surface area contributed by atoms with Gasteiger partial charge in [0.25, 0.3) is 0 Å². The van der Waals surface area contributed by atoms with Gasteiger partial charge in [0.15, 0.2) is 0 Å². The molecule has 1 aromatic rings. The number of amides is 2. The van der Waals surface area contributed by atoms with Gasteiger partial charge in [-0.1, -0.05) is 11.6 Å². The average Bonchev–Trinajstić information content (AvgIpc) is 2.61. The van der Waals surface area contributed by atoms with E-state index >= 15 is 0 Å². The average molecular weight is 336 g/mol. The highest BCUT2D eigenvalue weighted by Crippen LogP contribution is 2.27. The first-order valence-electron chi connectivity index (χ1n) is 5.70. The van der Waals surface area contributed by atoms with E-state index in [0.717, 1.165) is 17.0 Å². The van der Waals surface area contributed by atoms with Crippen molar-refractivity contribution >= 4 is 39.1 Å². The van der Waals surface area contributed by atoms with Gasteiger partial charge in [-0.2, -0.15) is 4.72 Å². The third-order valence-electron chi connectivity index (χ3n) is 3.02. The molecule has 0 aliphatic carbocycles. The summed E-state index contributed by atoms with van der Waals surface area (Å²) < 4.78 is 39.6. The summed E-state index contributed by atoms with van der Waals surface area (Å²) in [5.41, 5.74) is 4.91. The van der Waals surface area contributed by atoms with Gasteiger partial charge in [-0.15, -0.1) is 0 Å². The van der Waals surface area contributed by atoms with E-state index in [0.29, 0.717) is 0 Å². The zero-order valence-corrected chi connectivity index (χ0v) is 12.3. The number of carbonyl (C=O) groups excluding carboxylic acids is 2. The number of hydrogen-bond donors (Lipinski definition) is 2. The normalized spacial score (nSPS) is 19.4. The summed E-state index contributed by atoms with van der Waals surface area (Å²) in [5.74, 6) is -2.03. The van der Waals surface area contributed by atoms with Crippen molar-refractivity contribution in [2.45, 2.75) is 17.4 Å². The number of anilines is 1. The molecule has 0 saturated carbocycles. The molecule has 21 heavy (non-hydrogen) atoms. The van der Waals surface area contributed by atoms with E-state index in [1.807, 2.05) is 0 Å². The molecule has 1 fully saturated rings. The molecule has 1 unspecified atom stereocenters. The van der Waals surface area contributed by atoms with Crippen LogP contribution in [0.25, 0.3) is 0 Å². The molecule has 1 aliphatic rings. The molecule has 7 nitrogen and oxygen atoms in total. The van der Waals surface area contributed by atoms with E-state index in [9.17, 15) is 22.4 Å². The van der Waals surface area contributed by atoms with Gasteiger partial charge < -0.3 is 5.73 Å². The van der Waals surface area contributed by atoms with Crippen molar-refractivity contribution in [3.05, 3.63) is 23.0 Å². The number of hydrogen-bond acceptors (Lipinski definition) is 5. The largest absolute Gasteiger partial charge is 0.396 e. The van der Waals surface area contributed by atoms with Crippen molar-refractivity contribution < 1.29 is 22.4 Å². The number of benzene rings is 1. The molecule has 1 atom stereocenters. The number of imide groups is 1. The van der Waals surface area contributed by atoms with Crippen molar-refractivity contribution in [2.24, 2.45) is 0 Å². The minimum absolute atomic E-state index is 0.289. The van der Waals surface area contributed by atoms with Crippen molar-refractivity contribution in [1.82, 2.24) is 9.62 Å². The second kappa shape index (κ2) is 5.24. The molecular weight excluding hydrogens is 325 g/mol. The first kappa shape index (κ1) is 15.7. The number of halogens is 2. The predicted octanol–water partition coefficient (Wildman–Crippen LogP) is 0.0969. The third kappa shape index (κ3) is 2.85. The molecule has 3 N–H and O–H groups in total. The Kier molecular flexibility index (Phi) is 3.91. The second-order valence-corrected chi connectivity index (χ2v) is 6.56. The van der Waals surface area contributed by atoms with Crippen molar-refractivity contribution in [3.63, 3.8) is 0 Å². The van der Waals surface area contributed by atoms with Crippen LogP contribution >= 0.6 is 11.6 Å². The fourth-order valence-electron chi connectivity index (χ4n) is 1.85. The summed E-state index contributed by atoms with van der Waals surface area (Å²) in [4.78, 5) is 23.4. The molecular formula is C11H11ClFN3O4S. The number of sulfonamides is 1. The zero-order chi connectivity index (χ0) is 15.9. The number of likely N-dealkylation sites (tertiary alicyclic amines) is 1. The summed E-state index contributed by atoms with van der Waals surface area (Å²) in [7, 11) is -2.97. The maximum Gasteiger partial charge on any atom is 0.247 e. The van der Waals surface area contributed by atoms with Gasteiger partial charge in [0, 0.05) is 7.05 Å². The highest BCUT2D eigenvalue weighted by Gasteiger charge is 2.39. The van der Waals surface area contributed by atoms with Crippen molar-refractivity contribution in [2.75, 3.05) is 12.8 Å². The number of likely N-dealkylation sites (N-methyl/N-ethyl adjacent to an activating group) is 1. The van der Waals surface area contributed by atoms with Gasteiger partial charge in [0.05, 0.1) is 17.1 Å². The van der Waals surface area contributed by atoms with Crippen LogP contribution in [0, 0.1) is 5.82 Å². The highest BCUT2D eigenvalue weighted by atomic mass is 35.5. The molecule has 0 aromatic heterocycles. The monoisotopic (exact) mass is 335 g/mol. The van der Waals surface area contributed by atoms with Crippen molar-refractivity contribution in [3.8, 4) is 0 Å². The van der Waals surface area contributed by atoms with Crippen LogP contribution in [0.4, 0.5) is 10.1 Å². The topological polar surface area (TPSA) is 110 Å². The quantitative estimate of drug-likeness (QED) is 0.601. The van der Waals surface area contributed by atoms with Gasteiger partial charge in [0.1, 0.15) is 16.8 Å². The smallest absolute Gasteiger partial charge is 0.247 e. The number of nitrogens with zero attached hydrogens (tertiary/aromatic N) is 1. The van der Waals surface area contributed by atoms with Gasteiger partial charge in [-0.3, -0.25) is 14.5 Å². The fraction of sp³-hybridized carbons (Fsp3) is 0.273. The SMILES string of the molecule is CN1C(=O)CC(NS(=O)(=O)c2cc(N)c(F)cc2Cl)C1=O. The fourth-order valence-corrected chi connectivity index (χ4v) is 3.59. The summed E-state index contributed by atoms with van der Waals surface area (Å²) in [6, 6.07) is 0.402. The van der Waals surface area contributed by atoms with E-state index in [-0.39, 0.29) is 11.4 Å². The van der Waals surface area contributed by atoms with Crippen LogP contribution in [0.1, 0.15) is 6.42 Å². The van der Waals surface area contributed by atoms with Gasteiger partial charge in [-0.05, 0) is 12.1 Å². The van der Waals surface area contributed by atoms with Crippen LogP contribution < -0.4 is 10.5 Å². The molecule has 0 spiro atoms. The first-order chi connectivity index (χ1) is 9.63. The predicted molar refractivity (Wildman–Crippen MR) is 72.3 cm³/mol. The molecule has 1 saturated heterocycles. The van der Waals surface area contributed by atoms with Gasteiger partial charge in [-0.25, -0.2) is 12.8 Å². The second-order valence-electron chi connectivity index (χ2n) is 4.47. The van der Waals surface area contributed by atoms with E-state index in [4.69, 9.17) is 17.3 Å². The van der Waals surface area contributed by atoms with Crippen LogP contribution in [0.15, 0.2) is 17.0 Å². The lowest BCUT2D eigenvalue weighted by Gasteiger charge is -2.13.